The van der Waals surface area contributed by atoms with E-state index in [2.05, 4.69) is 25.0 Å². The molecule has 8 heteroatoms. The number of aromatic nitrogens is 4. The van der Waals surface area contributed by atoms with Crippen molar-refractivity contribution in [2.75, 3.05) is 26.2 Å². The van der Waals surface area contributed by atoms with E-state index in [0.717, 1.165) is 56.2 Å². The van der Waals surface area contributed by atoms with Gasteiger partial charge in [0, 0.05) is 51.2 Å². The first-order valence-electron chi connectivity index (χ1n) is 8.00. The minimum Gasteiger partial charge on any atom is -0.356 e. The largest absolute Gasteiger partial charge is 0.356 e. The first-order valence-corrected chi connectivity index (χ1v) is 8.00. The van der Waals surface area contributed by atoms with Gasteiger partial charge in [0.1, 0.15) is 23.7 Å². The zero-order valence-electron chi connectivity index (χ0n) is 13.5. The van der Waals surface area contributed by atoms with Crippen LogP contribution in [0, 0.1) is 5.82 Å². The van der Waals surface area contributed by atoms with Crippen LogP contribution in [-0.2, 0) is 20.1 Å². The van der Waals surface area contributed by atoms with Crippen LogP contribution in [0.1, 0.15) is 11.5 Å². The Morgan fingerprint density at radius 3 is 2.58 bits per heavy atom. The van der Waals surface area contributed by atoms with Crippen molar-refractivity contribution in [3.8, 4) is 0 Å². The number of piperazine rings is 1. The van der Waals surface area contributed by atoms with E-state index < -0.39 is 0 Å². The predicted octanol–water partition coefficient (Wildman–Crippen LogP) is 1.41. The lowest BCUT2D eigenvalue weighted by Crippen LogP contribution is -2.45. The van der Waals surface area contributed by atoms with Crippen molar-refractivity contribution in [3.63, 3.8) is 0 Å². The van der Waals surface area contributed by atoms with Gasteiger partial charge < -0.3 is 4.52 Å². The molecule has 0 unspecified atom stereocenters. The second-order valence-corrected chi connectivity index (χ2v) is 6.12. The SMILES string of the molecule is Cn1ncnc1CN1CCN(Cc2noc3cc(F)ccc23)CC1. The van der Waals surface area contributed by atoms with Crippen LogP contribution in [-0.4, -0.2) is 55.9 Å². The molecule has 0 bridgehead atoms. The van der Waals surface area contributed by atoms with Gasteiger partial charge >= 0.3 is 0 Å². The number of hydrogen-bond acceptors (Lipinski definition) is 6. The van der Waals surface area contributed by atoms with E-state index in [9.17, 15) is 4.39 Å². The van der Waals surface area contributed by atoms with Crippen LogP contribution in [0.25, 0.3) is 11.0 Å². The van der Waals surface area contributed by atoms with Gasteiger partial charge in [-0.2, -0.15) is 5.10 Å². The summed E-state index contributed by atoms with van der Waals surface area (Å²) in [6.45, 7) is 5.38. The quantitative estimate of drug-likeness (QED) is 0.721. The van der Waals surface area contributed by atoms with Crippen LogP contribution in [0.15, 0.2) is 29.0 Å². The van der Waals surface area contributed by atoms with E-state index in [0.29, 0.717) is 5.58 Å². The molecule has 3 aromatic rings. The number of fused-ring (bicyclic) bond motifs is 1. The van der Waals surface area contributed by atoms with E-state index in [4.69, 9.17) is 4.52 Å². The molecule has 1 fully saturated rings. The fourth-order valence-electron chi connectivity index (χ4n) is 3.06. The van der Waals surface area contributed by atoms with E-state index in [1.807, 2.05) is 11.7 Å². The fourth-order valence-corrected chi connectivity index (χ4v) is 3.06. The molecule has 2 aromatic heterocycles. The highest BCUT2D eigenvalue weighted by atomic mass is 19.1. The van der Waals surface area contributed by atoms with Crippen molar-refractivity contribution in [3.05, 3.63) is 41.9 Å². The van der Waals surface area contributed by atoms with Crippen molar-refractivity contribution in [1.82, 2.24) is 29.7 Å². The minimum atomic E-state index is -0.303. The van der Waals surface area contributed by atoms with E-state index in [1.54, 1.807) is 12.4 Å². The minimum absolute atomic E-state index is 0.303. The third kappa shape index (κ3) is 3.02. The van der Waals surface area contributed by atoms with Crippen LogP contribution in [0.3, 0.4) is 0 Å². The second-order valence-electron chi connectivity index (χ2n) is 6.12. The fraction of sp³-hybridized carbons (Fsp3) is 0.438. The molecule has 1 aliphatic heterocycles. The Bertz CT molecular complexity index is 836. The monoisotopic (exact) mass is 330 g/mol. The summed E-state index contributed by atoms with van der Waals surface area (Å²) in [5, 5.41) is 9.10. The predicted molar refractivity (Wildman–Crippen MR) is 85.5 cm³/mol. The molecule has 0 atom stereocenters. The highest BCUT2D eigenvalue weighted by Gasteiger charge is 2.20. The van der Waals surface area contributed by atoms with Gasteiger partial charge in [0.25, 0.3) is 0 Å². The molecule has 24 heavy (non-hydrogen) atoms. The molecule has 0 saturated carbocycles. The maximum absolute atomic E-state index is 13.2. The molecular formula is C16H19FN6O. The van der Waals surface area contributed by atoms with Crippen LogP contribution >= 0.6 is 0 Å². The maximum atomic E-state index is 13.2. The number of halogens is 1. The summed E-state index contributed by atoms with van der Waals surface area (Å²) in [5.74, 6) is 0.676. The van der Waals surface area contributed by atoms with Crippen LogP contribution in [0.2, 0.25) is 0 Å². The molecule has 7 nitrogen and oxygen atoms in total. The molecule has 0 N–H and O–H groups in total. The zero-order chi connectivity index (χ0) is 16.5. The molecule has 0 amide bonds. The number of aryl methyl sites for hydroxylation is 1. The van der Waals surface area contributed by atoms with Gasteiger partial charge in [-0.3, -0.25) is 14.5 Å². The maximum Gasteiger partial charge on any atom is 0.170 e. The highest BCUT2D eigenvalue weighted by molar-refractivity contribution is 5.79. The Kier molecular flexibility index (Phi) is 3.99. The number of nitrogens with zero attached hydrogens (tertiary/aromatic N) is 6. The molecule has 4 rings (SSSR count). The molecule has 0 aliphatic carbocycles. The number of hydrogen-bond donors (Lipinski definition) is 0. The van der Waals surface area contributed by atoms with Crippen molar-refractivity contribution in [2.45, 2.75) is 13.1 Å². The molecule has 0 spiro atoms. The summed E-state index contributed by atoms with van der Waals surface area (Å²) < 4.78 is 20.3. The topological polar surface area (TPSA) is 63.2 Å². The van der Waals surface area contributed by atoms with Gasteiger partial charge in [0.2, 0.25) is 0 Å². The lowest BCUT2D eigenvalue weighted by Gasteiger charge is -2.33. The summed E-state index contributed by atoms with van der Waals surface area (Å²) in [5.41, 5.74) is 1.37. The van der Waals surface area contributed by atoms with Gasteiger partial charge in [0.15, 0.2) is 5.58 Å². The molecular weight excluding hydrogens is 311 g/mol. The van der Waals surface area contributed by atoms with Gasteiger partial charge in [-0.25, -0.2) is 9.37 Å². The number of benzene rings is 1. The Balaban J connectivity index is 1.36. The summed E-state index contributed by atoms with van der Waals surface area (Å²) in [4.78, 5) is 8.99. The summed E-state index contributed by atoms with van der Waals surface area (Å²) in [6, 6.07) is 4.56. The molecule has 0 radical (unpaired) electrons. The van der Waals surface area contributed by atoms with Crippen molar-refractivity contribution in [2.24, 2.45) is 7.05 Å². The van der Waals surface area contributed by atoms with Gasteiger partial charge in [0.05, 0.1) is 6.54 Å². The Morgan fingerprint density at radius 1 is 1.12 bits per heavy atom. The van der Waals surface area contributed by atoms with Gasteiger partial charge in [-0.05, 0) is 12.1 Å². The third-order valence-corrected chi connectivity index (χ3v) is 4.52. The van der Waals surface area contributed by atoms with Crippen molar-refractivity contribution in [1.29, 1.82) is 0 Å². The second kappa shape index (κ2) is 6.29. The Hall–Kier alpha value is -2.32. The number of rotatable bonds is 4. The molecule has 3 heterocycles. The molecule has 1 aliphatic rings. The van der Waals surface area contributed by atoms with Crippen molar-refractivity contribution < 1.29 is 8.91 Å². The van der Waals surface area contributed by atoms with Crippen molar-refractivity contribution >= 4 is 11.0 Å². The smallest absolute Gasteiger partial charge is 0.170 e. The standard InChI is InChI=1S/C16H19FN6O/c1-21-16(18-11-19-21)10-23-6-4-22(5-7-23)9-14-13-3-2-12(17)8-15(13)24-20-14/h2-3,8,11H,4-7,9-10H2,1H3. The van der Waals surface area contributed by atoms with E-state index >= 15 is 0 Å². The van der Waals surface area contributed by atoms with E-state index in [1.165, 1.54) is 12.1 Å². The summed E-state index contributed by atoms with van der Waals surface area (Å²) in [7, 11) is 1.91. The molecule has 126 valence electrons. The first kappa shape index (κ1) is 15.2. The Morgan fingerprint density at radius 2 is 1.88 bits per heavy atom. The average Bonchev–Trinajstić information content (AvgIpc) is 3.16. The third-order valence-electron chi connectivity index (χ3n) is 4.52. The van der Waals surface area contributed by atoms with Crippen LogP contribution in [0.4, 0.5) is 4.39 Å². The highest BCUT2D eigenvalue weighted by Crippen LogP contribution is 2.21. The first-order chi connectivity index (χ1) is 11.7. The summed E-state index contributed by atoms with van der Waals surface area (Å²) in [6.07, 6.45) is 1.59. The van der Waals surface area contributed by atoms with E-state index in [-0.39, 0.29) is 5.82 Å². The molecule has 1 saturated heterocycles. The van der Waals surface area contributed by atoms with Crippen LogP contribution < -0.4 is 0 Å². The normalized spacial score (nSPS) is 16.9. The lowest BCUT2D eigenvalue weighted by atomic mass is 10.2. The molecule has 1 aromatic carbocycles. The zero-order valence-corrected chi connectivity index (χ0v) is 13.5. The lowest BCUT2D eigenvalue weighted by molar-refractivity contribution is 0.117. The van der Waals surface area contributed by atoms with Gasteiger partial charge in [-0.15, -0.1) is 0 Å². The Labute approximate surface area is 138 Å². The average molecular weight is 330 g/mol. The van der Waals surface area contributed by atoms with Crippen LogP contribution in [0.5, 0.6) is 0 Å². The van der Waals surface area contributed by atoms with Gasteiger partial charge in [-0.1, -0.05) is 5.16 Å². The summed E-state index contributed by atoms with van der Waals surface area (Å²) >= 11 is 0.